The summed E-state index contributed by atoms with van der Waals surface area (Å²) in [6.45, 7) is 0. The lowest BCUT2D eigenvalue weighted by Gasteiger charge is -2.03. The van der Waals surface area contributed by atoms with Gasteiger partial charge in [0.1, 0.15) is 0 Å². The summed E-state index contributed by atoms with van der Waals surface area (Å²) in [4.78, 5) is 7.39. The Hall–Kier alpha value is -4.04. The lowest BCUT2D eigenvalue weighted by atomic mass is 10.0. The standard InChI is InChI=1S/C28H18N2/c1-2-6-17(7-3-1)19-12-15-25-23(16-19)22-14-11-18-10-13-21-20-8-4-5-9-24(20)29-27(21)26(18)28(22)30-25/h1-16,29-30H. The van der Waals surface area contributed by atoms with Crippen LogP contribution in [-0.4, -0.2) is 9.97 Å². The highest BCUT2D eigenvalue weighted by Crippen LogP contribution is 2.38. The molecule has 2 aromatic heterocycles. The summed E-state index contributed by atoms with van der Waals surface area (Å²) in [7, 11) is 0. The normalized spacial score (nSPS) is 12.0. The lowest BCUT2D eigenvalue weighted by molar-refractivity contribution is 1.54. The van der Waals surface area contributed by atoms with Gasteiger partial charge in [-0.3, -0.25) is 0 Å². The van der Waals surface area contributed by atoms with Gasteiger partial charge in [0.2, 0.25) is 0 Å². The maximum Gasteiger partial charge on any atom is 0.0565 e. The molecule has 7 rings (SSSR count). The van der Waals surface area contributed by atoms with Crippen LogP contribution < -0.4 is 0 Å². The molecule has 0 spiro atoms. The first-order chi connectivity index (χ1) is 14.9. The maximum absolute atomic E-state index is 3.72. The number of H-pyrrole nitrogens is 2. The van der Waals surface area contributed by atoms with Crippen LogP contribution in [0.25, 0.3) is 65.5 Å². The molecule has 0 radical (unpaired) electrons. The van der Waals surface area contributed by atoms with Crippen LogP contribution in [0.3, 0.4) is 0 Å². The number of hydrogen-bond acceptors (Lipinski definition) is 0. The van der Waals surface area contributed by atoms with Gasteiger partial charge in [-0.15, -0.1) is 0 Å². The Balaban J connectivity index is 1.61. The maximum atomic E-state index is 3.72. The summed E-state index contributed by atoms with van der Waals surface area (Å²) in [5.74, 6) is 0. The van der Waals surface area contributed by atoms with Gasteiger partial charge in [-0.2, -0.15) is 0 Å². The first kappa shape index (κ1) is 15.8. The fourth-order valence-corrected chi connectivity index (χ4v) is 4.91. The molecule has 0 bridgehead atoms. The van der Waals surface area contributed by atoms with Gasteiger partial charge in [0.15, 0.2) is 0 Å². The summed E-state index contributed by atoms with van der Waals surface area (Å²) in [6, 6.07) is 34.8. The molecule has 2 heteroatoms. The van der Waals surface area contributed by atoms with Crippen molar-refractivity contribution in [1.29, 1.82) is 0 Å². The predicted octanol–water partition coefficient (Wildman–Crippen LogP) is 7.78. The van der Waals surface area contributed by atoms with E-state index < -0.39 is 0 Å². The van der Waals surface area contributed by atoms with Crippen LogP contribution in [0.1, 0.15) is 0 Å². The number of hydrogen-bond donors (Lipinski definition) is 2. The predicted molar refractivity (Wildman–Crippen MR) is 128 cm³/mol. The fraction of sp³-hybridized carbons (Fsp3) is 0. The van der Waals surface area contributed by atoms with Crippen LogP contribution >= 0.6 is 0 Å². The first-order valence-electron chi connectivity index (χ1n) is 10.3. The Bertz CT molecular complexity index is 1730. The monoisotopic (exact) mass is 382 g/mol. The molecule has 0 aliphatic carbocycles. The molecule has 0 unspecified atom stereocenters. The van der Waals surface area contributed by atoms with Crippen molar-refractivity contribution in [2.45, 2.75) is 0 Å². The van der Waals surface area contributed by atoms with E-state index in [0.29, 0.717) is 0 Å². The van der Waals surface area contributed by atoms with Crippen molar-refractivity contribution < 1.29 is 0 Å². The average molecular weight is 382 g/mol. The molecular weight excluding hydrogens is 364 g/mol. The van der Waals surface area contributed by atoms with Gasteiger partial charge in [-0.25, -0.2) is 0 Å². The SMILES string of the molecule is c1ccc(-c2ccc3[nH]c4c(ccc5ccc6c7ccccc7[nH]c6c54)c3c2)cc1. The van der Waals surface area contributed by atoms with E-state index in [4.69, 9.17) is 0 Å². The molecule has 2 heterocycles. The highest BCUT2D eigenvalue weighted by molar-refractivity contribution is 6.27. The van der Waals surface area contributed by atoms with Gasteiger partial charge >= 0.3 is 0 Å². The zero-order chi connectivity index (χ0) is 19.7. The number of rotatable bonds is 1. The Morgan fingerprint density at radius 3 is 1.90 bits per heavy atom. The van der Waals surface area contributed by atoms with E-state index in [2.05, 4.69) is 107 Å². The molecule has 140 valence electrons. The van der Waals surface area contributed by atoms with Crippen molar-refractivity contribution in [3.8, 4) is 11.1 Å². The summed E-state index contributed by atoms with van der Waals surface area (Å²) in [5.41, 5.74) is 7.24. The Labute approximate surface area is 172 Å². The van der Waals surface area contributed by atoms with E-state index in [-0.39, 0.29) is 0 Å². The Kier molecular flexibility index (Phi) is 3.03. The van der Waals surface area contributed by atoms with Gasteiger partial charge in [-0.05, 0) is 34.7 Å². The number of aromatic nitrogens is 2. The van der Waals surface area contributed by atoms with E-state index in [1.54, 1.807) is 0 Å². The second-order valence-corrected chi connectivity index (χ2v) is 8.00. The third-order valence-electron chi connectivity index (χ3n) is 6.34. The van der Waals surface area contributed by atoms with Crippen LogP contribution in [0, 0.1) is 0 Å². The van der Waals surface area contributed by atoms with E-state index in [1.165, 1.54) is 65.5 Å². The second-order valence-electron chi connectivity index (χ2n) is 8.00. The molecule has 0 amide bonds. The van der Waals surface area contributed by atoms with Crippen molar-refractivity contribution in [3.05, 3.63) is 97.1 Å². The number of aromatic amines is 2. The molecule has 30 heavy (non-hydrogen) atoms. The minimum Gasteiger partial charge on any atom is -0.354 e. The van der Waals surface area contributed by atoms with E-state index in [1.807, 2.05) is 0 Å². The van der Waals surface area contributed by atoms with Crippen molar-refractivity contribution in [3.63, 3.8) is 0 Å². The molecule has 0 fully saturated rings. The Morgan fingerprint density at radius 1 is 0.433 bits per heavy atom. The topological polar surface area (TPSA) is 31.6 Å². The lowest BCUT2D eigenvalue weighted by Crippen LogP contribution is -1.78. The molecule has 2 N–H and O–H groups in total. The van der Waals surface area contributed by atoms with Crippen LogP contribution in [0.15, 0.2) is 97.1 Å². The first-order valence-corrected chi connectivity index (χ1v) is 10.3. The summed E-state index contributed by atoms with van der Waals surface area (Å²) >= 11 is 0. The molecule has 2 nitrogen and oxygen atoms in total. The molecule has 5 aromatic carbocycles. The fourth-order valence-electron chi connectivity index (χ4n) is 4.91. The van der Waals surface area contributed by atoms with Crippen molar-refractivity contribution in [2.75, 3.05) is 0 Å². The van der Waals surface area contributed by atoms with Crippen molar-refractivity contribution in [2.24, 2.45) is 0 Å². The number of para-hydroxylation sites is 1. The summed E-state index contributed by atoms with van der Waals surface area (Å²) < 4.78 is 0. The van der Waals surface area contributed by atoms with Gasteiger partial charge in [-0.1, -0.05) is 78.9 Å². The minimum atomic E-state index is 1.17. The zero-order valence-corrected chi connectivity index (χ0v) is 16.2. The zero-order valence-electron chi connectivity index (χ0n) is 16.2. The van der Waals surface area contributed by atoms with Crippen molar-refractivity contribution in [1.82, 2.24) is 9.97 Å². The van der Waals surface area contributed by atoms with Crippen LogP contribution in [0.5, 0.6) is 0 Å². The molecule has 0 atom stereocenters. The average Bonchev–Trinajstić information content (AvgIpc) is 3.37. The van der Waals surface area contributed by atoms with E-state index in [0.717, 1.165) is 0 Å². The number of fused-ring (bicyclic) bond motifs is 9. The van der Waals surface area contributed by atoms with Crippen LogP contribution in [-0.2, 0) is 0 Å². The van der Waals surface area contributed by atoms with Crippen molar-refractivity contribution >= 4 is 54.4 Å². The highest BCUT2D eigenvalue weighted by Gasteiger charge is 2.13. The molecule has 0 aliphatic heterocycles. The minimum absolute atomic E-state index is 1.17. The summed E-state index contributed by atoms with van der Waals surface area (Å²) in [5, 5.41) is 7.58. The molecule has 0 saturated heterocycles. The Morgan fingerprint density at radius 2 is 1.10 bits per heavy atom. The molecule has 0 aliphatic rings. The largest absolute Gasteiger partial charge is 0.354 e. The molecule has 7 aromatic rings. The van der Waals surface area contributed by atoms with Gasteiger partial charge in [0, 0.05) is 38.0 Å². The van der Waals surface area contributed by atoms with E-state index >= 15 is 0 Å². The third kappa shape index (κ3) is 2.08. The highest BCUT2D eigenvalue weighted by atomic mass is 14.7. The molecular formula is C28H18N2. The third-order valence-corrected chi connectivity index (χ3v) is 6.34. The van der Waals surface area contributed by atoms with Gasteiger partial charge < -0.3 is 9.97 Å². The summed E-state index contributed by atoms with van der Waals surface area (Å²) in [6.07, 6.45) is 0. The second kappa shape index (κ2) is 5.74. The number of benzene rings is 5. The smallest absolute Gasteiger partial charge is 0.0565 e. The quantitative estimate of drug-likeness (QED) is 0.290. The van der Waals surface area contributed by atoms with Gasteiger partial charge in [0.25, 0.3) is 0 Å². The van der Waals surface area contributed by atoms with Crippen LogP contribution in [0.4, 0.5) is 0 Å². The van der Waals surface area contributed by atoms with Gasteiger partial charge in [0.05, 0.1) is 11.0 Å². The van der Waals surface area contributed by atoms with Crippen LogP contribution in [0.2, 0.25) is 0 Å². The molecule has 0 saturated carbocycles. The van der Waals surface area contributed by atoms with E-state index in [9.17, 15) is 0 Å². The number of nitrogens with one attached hydrogen (secondary N) is 2.